The second-order valence-electron chi connectivity index (χ2n) is 2.99. The van der Waals surface area contributed by atoms with Crippen LogP contribution in [0.1, 0.15) is 39.5 Å². The Kier molecular flexibility index (Phi) is 8.48. The van der Waals surface area contributed by atoms with E-state index in [9.17, 15) is 3.08 Å². The van der Waals surface area contributed by atoms with E-state index in [4.69, 9.17) is 6.52 Å². The maximum atomic E-state index is 10.4. The molecule has 12 heavy (non-hydrogen) atoms. The Balaban J connectivity index is 3.45. The van der Waals surface area contributed by atoms with E-state index < -0.39 is 20.6 Å². The number of hydrogen-bond donors (Lipinski definition) is 1. The standard InChI is InChI=1S/C8H17O.H2O.O.Sn/c1-3-5-6-8(4-2)7-9;;;/h8H,3-7H2,1-2H3;1H2;;/q-1;;;+2/p-1. The SMILES string of the molecule is CCCCC(CC)C[O][Sn](=[O])[OH]. The van der Waals surface area contributed by atoms with Crippen molar-refractivity contribution in [2.75, 3.05) is 6.61 Å². The summed E-state index contributed by atoms with van der Waals surface area (Å²) < 4.78 is 23.7. The molecular weight excluding hydrogens is 263 g/mol. The quantitative estimate of drug-likeness (QED) is 0.721. The molecule has 0 bridgehead atoms. The molecule has 0 saturated carbocycles. The van der Waals surface area contributed by atoms with Crippen LogP contribution in [0.5, 0.6) is 0 Å². The van der Waals surface area contributed by atoms with Crippen LogP contribution in [0.4, 0.5) is 0 Å². The average Bonchev–Trinajstić information content (AvgIpc) is 2.05. The van der Waals surface area contributed by atoms with Crippen molar-refractivity contribution in [1.29, 1.82) is 0 Å². The third-order valence-electron chi connectivity index (χ3n) is 1.99. The molecule has 1 unspecified atom stereocenters. The van der Waals surface area contributed by atoms with Crippen LogP contribution in [0, 0.1) is 5.92 Å². The molecule has 0 radical (unpaired) electrons. The molecule has 72 valence electrons. The second-order valence-corrected chi connectivity index (χ2v) is 5.34. The van der Waals surface area contributed by atoms with E-state index in [2.05, 4.69) is 13.8 Å². The van der Waals surface area contributed by atoms with Crippen molar-refractivity contribution in [2.45, 2.75) is 39.5 Å². The number of hydrogen-bond acceptors (Lipinski definition) is 2. The third kappa shape index (κ3) is 7.18. The first-order valence-corrected chi connectivity index (χ1v) is 8.17. The van der Waals surface area contributed by atoms with Gasteiger partial charge in [-0.3, -0.25) is 0 Å². The molecule has 0 amide bonds. The van der Waals surface area contributed by atoms with E-state index in [-0.39, 0.29) is 0 Å². The van der Waals surface area contributed by atoms with Crippen molar-refractivity contribution in [1.82, 2.24) is 0 Å². The number of rotatable bonds is 7. The van der Waals surface area contributed by atoms with E-state index in [0.717, 1.165) is 12.8 Å². The van der Waals surface area contributed by atoms with Crippen molar-refractivity contribution >= 4 is 20.6 Å². The summed E-state index contributed by atoms with van der Waals surface area (Å²) in [5, 5.41) is 0. The van der Waals surface area contributed by atoms with Crippen LogP contribution in [-0.2, 0) is 6.15 Å². The van der Waals surface area contributed by atoms with Gasteiger partial charge in [-0.1, -0.05) is 0 Å². The van der Waals surface area contributed by atoms with Crippen LogP contribution < -0.4 is 0 Å². The fraction of sp³-hybridized carbons (Fsp3) is 1.00. The molecule has 0 saturated heterocycles. The van der Waals surface area contributed by atoms with Gasteiger partial charge in [0.25, 0.3) is 0 Å². The summed E-state index contributed by atoms with van der Waals surface area (Å²) in [5.41, 5.74) is 0. The van der Waals surface area contributed by atoms with Crippen molar-refractivity contribution < 1.29 is 9.59 Å². The zero-order valence-corrected chi connectivity index (χ0v) is 10.7. The Labute approximate surface area is 82.3 Å². The molecule has 0 aromatic carbocycles. The van der Waals surface area contributed by atoms with Gasteiger partial charge >= 0.3 is 82.2 Å². The van der Waals surface area contributed by atoms with Gasteiger partial charge in [0.1, 0.15) is 0 Å². The molecule has 0 aliphatic heterocycles. The predicted molar refractivity (Wildman–Crippen MR) is 47.9 cm³/mol. The topological polar surface area (TPSA) is 46.5 Å². The van der Waals surface area contributed by atoms with E-state index in [1.165, 1.54) is 12.8 Å². The van der Waals surface area contributed by atoms with E-state index in [1.807, 2.05) is 0 Å². The molecule has 0 fully saturated rings. The van der Waals surface area contributed by atoms with Crippen LogP contribution in [0.2, 0.25) is 0 Å². The molecule has 0 aliphatic rings. The first-order valence-electron chi connectivity index (χ1n) is 4.56. The monoisotopic (exact) mass is 282 g/mol. The summed E-state index contributed by atoms with van der Waals surface area (Å²) in [6.07, 6.45) is 4.52. The second kappa shape index (κ2) is 8.13. The molecular formula is C8H18O3Sn. The molecule has 1 N–H and O–H groups in total. The molecule has 0 rings (SSSR count). The van der Waals surface area contributed by atoms with Crippen molar-refractivity contribution in [3.63, 3.8) is 0 Å². The normalized spacial score (nSPS) is 12.9. The molecule has 0 heterocycles. The summed E-state index contributed by atoms with van der Waals surface area (Å²) in [6.45, 7) is 4.72. The van der Waals surface area contributed by atoms with Crippen LogP contribution in [0.15, 0.2) is 0 Å². The Morgan fingerprint density at radius 3 is 2.58 bits per heavy atom. The molecule has 0 aromatic heterocycles. The van der Waals surface area contributed by atoms with E-state index in [0.29, 0.717) is 12.5 Å². The van der Waals surface area contributed by atoms with E-state index in [1.54, 1.807) is 0 Å². The Morgan fingerprint density at radius 1 is 1.50 bits per heavy atom. The van der Waals surface area contributed by atoms with Crippen LogP contribution in [-0.4, -0.2) is 30.6 Å². The summed E-state index contributed by atoms with van der Waals surface area (Å²) in [5.74, 6) is 0.474. The first-order chi connectivity index (χ1) is 5.70. The molecule has 3 nitrogen and oxygen atoms in total. The van der Waals surface area contributed by atoms with Crippen molar-refractivity contribution in [3.8, 4) is 0 Å². The van der Waals surface area contributed by atoms with Gasteiger partial charge in [0.05, 0.1) is 0 Å². The summed E-state index contributed by atoms with van der Waals surface area (Å²) in [7, 11) is 0. The van der Waals surface area contributed by atoms with Crippen LogP contribution >= 0.6 is 0 Å². The third-order valence-corrected chi connectivity index (χ3v) is 3.17. The molecule has 0 aromatic rings. The summed E-state index contributed by atoms with van der Waals surface area (Å²) >= 11 is -3.51. The predicted octanol–water partition coefficient (Wildman–Crippen LogP) is 1.63. The van der Waals surface area contributed by atoms with Gasteiger partial charge in [-0.05, 0) is 0 Å². The Morgan fingerprint density at radius 2 is 2.17 bits per heavy atom. The van der Waals surface area contributed by atoms with Gasteiger partial charge < -0.3 is 0 Å². The Bertz CT molecular complexity index is 127. The van der Waals surface area contributed by atoms with Gasteiger partial charge in [0.2, 0.25) is 0 Å². The fourth-order valence-corrected chi connectivity index (χ4v) is 2.17. The van der Waals surface area contributed by atoms with Crippen LogP contribution in [0.3, 0.4) is 0 Å². The Hall–Kier alpha value is 0.519. The van der Waals surface area contributed by atoms with Gasteiger partial charge in [-0.2, -0.15) is 0 Å². The van der Waals surface area contributed by atoms with Crippen LogP contribution in [0.25, 0.3) is 0 Å². The molecule has 1 atom stereocenters. The molecule has 4 heteroatoms. The van der Waals surface area contributed by atoms with Crippen molar-refractivity contribution in [2.24, 2.45) is 5.92 Å². The van der Waals surface area contributed by atoms with Gasteiger partial charge in [-0.25, -0.2) is 0 Å². The maximum absolute atomic E-state index is 10.4. The minimum absolute atomic E-state index is 0.474. The van der Waals surface area contributed by atoms with E-state index >= 15 is 0 Å². The zero-order valence-electron chi connectivity index (χ0n) is 7.88. The zero-order chi connectivity index (χ0) is 9.40. The summed E-state index contributed by atoms with van der Waals surface area (Å²) in [4.78, 5) is 0. The minimum atomic E-state index is -3.51. The number of unbranched alkanes of at least 4 members (excludes halogenated alkanes) is 1. The first kappa shape index (κ1) is 12.5. The summed E-state index contributed by atoms with van der Waals surface area (Å²) in [6, 6.07) is 0. The van der Waals surface area contributed by atoms with Gasteiger partial charge in [0, 0.05) is 0 Å². The average molecular weight is 281 g/mol. The molecule has 0 spiro atoms. The van der Waals surface area contributed by atoms with Crippen molar-refractivity contribution in [3.05, 3.63) is 0 Å². The fourth-order valence-electron chi connectivity index (χ4n) is 1.09. The van der Waals surface area contributed by atoms with Gasteiger partial charge in [-0.15, -0.1) is 0 Å². The molecule has 0 aliphatic carbocycles. The van der Waals surface area contributed by atoms with Gasteiger partial charge in [0.15, 0.2) is 0 Å².